The van der Waals surface area contributed by atoms with E-state index >= 15 is 0 Å². The molecular weight excluding hydrogens is 350 g/mol. The number of hydrogen-bond acceptors (Lipinski definition) is 6. The van der Waals surface area contributed by atoms with Crippen LogP contribution in [0.3, 0.4) is 0 Å². The van der Waals surface area contributed by atoms with Gasteiger partial charge in [-0.2, -0.15) is 0 Å². The van der Waals surface area contributed by atoms with E-state index in [1.165, 1.54) is 18.2 Å². The van der Waals surface area contributed by atoms with Crippen molar-refractivity contribution >= 4 is 17.5 Å². The molecule has 2 heterocycles. The maximum absolute atomic E-state index is 12.7. The van der Waals surface area contributed by atoms with Crippen LogP contribution in [0.1, 0.15) is 32.2 Å². The first-order chi connectivity index (χ1) is 13.0. The molecule has 0 saturated heterocycles. The lowest BCUT2D eigenvalue weighted by atomic mass is 10.1. The van der Waals surface area contributed by atoms with Crippen molar-refractivity contribution in [2.24, 2.45) is 0 Å². The number of carbonyl (C=O) groups is 2. The van der Waals surface area contributed by atoms with E-state index in [2.05, 4.69) is 4.98 Å². The number of rotatable bonds is 4. The van der Waals surface area contributed by atoms with Crippen molar-refractivity contribution in [2.45, 2.75) is 13.5 Å². The first-order valence-corrected chi connectivity index (χ1v) is 8.12. The van der Waals surface area contributed by atoms with Gasteiger partial charge in [-0.05, 0) is 25.1 Å². The van der Waals surface area contributed by atoms with Gasteiger partial charge >= 0.3 is 0 Å². The summed E-state index contributed by atoms with van der Waals surface area (Å²) in [6.07, 6.45) is 0. The molecule has 8 heteroatoms. The maximum atomic E-state index is 12.7. The average Bonchev–Trinajstić information content (AvgIpc) is 3.16. The Labute approximate surface area is 153 Å². The Hall–Kier alpha value is -3.81. The van der Waals surface area contributed by atoms with Crippen molar-refractivity contribution in [1.29, 1.82) is 0 Å². The highest BCUT2D eigenvalue weighted by Gasteiger charge is 2.41. The SMILES string of the molecule is Cc1oc(-c2ccccc2)nc1CN1C(=O)c2cccc([N+](=O)[O-])c2C1=O. The summed E-state index contributed by atoms with van der Waals surface area (Å²) in [6, 6.07) is 13.2. The molecule has 1 aliphatic heterocycles. The zero-order valence-corrected chi connectivity index (χ0v) is 14.2. The maximum Gasteiger partial charge on any atom is 0.282 e. The number of hydrogen-bond donors (Lipinski definition) is 0. The standard InChI is InChI=1S/C19H13N3O5/c1-11-14(20-17(27-11)12-6-3-2-4-7-12)10-21-18(23)13-8-5-9-15(22(25)26)16(13)19(21)24/h2-9H,10H2,1H3. The number of aryl methyl sites for hydroxylation is 1. The largest absolute Gasteiger partial charge is 0.441 e. The van der Waals surface area contributed by atoms with E-state index in [-0.39, 0.29) is 23.4 Å². The van der Waals surface area contributed by atoms with Crippen LogP contribution in [0.4, 0.5) is 5.69 Å². The van der Waals surface area contributed by atoms with Crippen LogP contribution in [-0.2, 0) is 6.54 Å². The molecule has 0 aliphatic carbocycles. The molecule has 0 unspecified atom stereocenters. The monoisotopic (exact) mass is 363 g/mol. The van der Waals surface area contributed by atoms with E-state index in [4.69, 9.17) is 4.42 Å². The molecule has 27 heavy (non-hydrogen) atoms. The van der Waals surface area contributed by atoms with Gasteiger partial charge < -0.3 is 4.42 Å². The Morgan fingerprint density at radius 2 is 1.81 bits per heavy atom. The second-order valence-electron chi connectivity index (χ2n) is 6.04. The Morgan fingerprint density at radius 1 is 1.07 bits per heavy atom. The second-order valence-corrected chi connectivity index (χ2v) is 6.04. The summed E-state index contributed by atoms with van der Waals surface area (Å²) in [4.78, 5) is 41.1. The van der Waals surface area contributed by atoms with Crippen molar-refractivity contribution in [3.8, 4) is 11.5 Å². The molecule has 3 aromatic rings. The highest BCUT2D eigenvalue weighted by molar-refractivity contribution is 6.23. The zero-order valence-electron chi connectivity index (χ0n) is 14.2. The highest BCUT2D eigenvalue weighted by atomic mass is 16.6. The van der Waals surface area contributed by atoms with Crippen LogP contribution < -0.4 is 0 Å². The van der Waals surface area contributed by atoms with Gasteiger partial charge in [-0.1, -0.05) is 24.3 Å². The smallest absolute Gasteiger partial charge is 0.282 e. The van der Waals surface area contributed by atoms with Crippen molar-refractivity contribution in [2.75, 3.05) is 0 Å². The van der Waals surface area contributed by atoms with Crippen LogP contribution >= 0.6 is 0 Å². The van der Waals surface area contributed by atoms with Crippen LogP contribution in [0, 0.1) is 17.0 Å². The normalized spacial score (nSPS) is 13.1. The third kappa shape index (κ3) is 2.67. The third-order valence-corrected chi connectivity index (χ3v) is 4.40. The number of aromatic nitrogens is 1. The molecule has 0 fully saturated rings. The van der Waals surface area contributed by atoms with Crippen molar-refractivity contribution in [3.63, 3.8) is 0 Å². The van der Waals surface area contributed by atoms with Gasteiger partial charge in [0.05, 0.1) is 17.0 Å². The van der Waals surface area contributed by atoms with E-state index in [1.807, 2.05) is 30.3 Å². The van der Waals surface area contributed by atoms with E-state index in [0.717, 1.165) is 10.5 Å². The van der Waals surface area contributed by atoms with Gasteiger partial charge in [0.25, 0.3) is 17.5 Å². The topological polar surface area (TPSA) is 107 Å². The van der Waals surface area contributed by atoms with Crippen molar-refractivity contribution in [3.05, 3.63) is 81.2 Å². The van der Waals surface area contributed by atoms with Crippen molar-refractivity contribution < 1.29 is 18.9 Å². The number of nitrogens with zero attached hydrogens (tertiary/aromatic N) is 3. The molecule has 0 saturated carbocycles. The number of imide groups is 1. The third-order valence-electron chi connectivity index (χ3n) is 4.40. The van der Waals surface area contributed by atoms with Gasteiger partial charge in [0.15, 0.2) is 0 Å². The van der Waals surface area contributed by atoms with Gasteiger partial charge in [-0.25, -0.2) is 4.98 Å². The predicted molar refractivity (Wildman–Crippen MR) is 94.0 cm³/mol. The number of nitro benzene ring substituents is 1. The number of carbonyl (C=O) groups excluding carboxylic acids is 2. The molecule has 0 bridgehead atoms. The molecule has 0 atom stereocenters. The van der Waals surface area contributed by atoms with E-state index in [0.29, 0.717) is 17.3 Å². The summed E-state index contributed by atoms with van der Waals surface area (Å²) >= 11 is 0. The first-order valence-electron chi connectivity index (χ1n) is 8.12. The molecule has 0 N–H and O–H groups in total. The van der Waals surface area contributed by atoms with Gasteiger partial charge in [0.1, 0.15) is 17.0 Å². The minimum atomic E-state index is -0.703. The lowest BCUT2D eigenvalue weighted by Crippen LogP contribution is -2.29. The van der Waals surface area contributed by atoms with Crippen LogP contribution in [0.2, 0.25) is 0 Å². The van der Waals surface area contributed by atoms with Crippen LogP contribution in [-0.4, -0.2) is 26.6 Å². The summed E-state index contributed by atoms with van der Waals surface area (Å²) in [5.74, 6) is -0.432. The quantitative estimate of drug-likeness (QED) is 0.400. The van der Waals surface area contributed by atoms with Crippen molar-refractivity contribution in [1.82, 2.24) is 9.88 Å². The number of nitro groups is 1. The molecule has 8 nitrogen and oxygen atoms in total. The fourth-order valence-corrected chi connectivity index (χ4v) is 3.04. The van der Waals surface area contributed by atoms with Gasteiger partial charge in [-0.3, -0.25) is 24.6 Å². The first kappa shape index (κ1) is 16.6. The molecular formula is C19H13N3O5. The minimum Gasteiger partial charge on any atom is -0.441 e. The summed E-state index contributed by atoms with van der Waals surface area (Å²) in [6.45, 7) is 1.57. The molecule has 4 rings (SSSR count). The number of oxazole rings is 1. The average molecular weight is 363 g/mol. The molecule has 134 valence electrons. The Morgan fingerprint density at radius 3 is 2.52 bits per heavy atom. The van der Waals surface area contributed by atoms with Gasteiger partial charge in [0, 0.05) is 11.6 Å². The van der Waals surface area contributed by atoms with Gasteiger partial charge in [-0.15, -0.1) is 0 Å². The second kappa shape index (κ2) is 6.17. The molecule has 2 aromatic carbocycles. The van der Waals surface area contributed by atoms with Gasteiger partial charge in [0.2, 0.25) is 5.89 Å². The van der Waals surface area contributed by atoms with Crippen LogP contribution in [0.15, 0.2) is 52.9 Å². The zero-order chi connectivity index (χ0) is 19.1. The molecule has 0 radical (unpaired) electrons. The Balaban J connectivity index is 1.68. The molecule has 1 aliphatic rings. The van der Waals surface area contributed by atoms with E-state index < -0.39 is 16.7 Å². The predicted octanol–water partition coefficient (Wildman–Crippen LogP) is 3.35. The minimum absolute atomic E-state index is 0.0265. The number of fused-ring (bicyclic) bond motifs is 1. The fourth-order valence-electron chi connectivity index (χ4n) is 3.04. The Kier molecular flexibility index (Phi) is 3.80. The Bertz CT molecular complexity index is 1090. The summed E-state index contributed by atoms with van der Waals surface area (Å²) in [5, 5.41) is 11.2. The number of amides is 2. The number of benzene rings is 2. The summed E-state index contributed by atoms with van der Waals surface area (Å²) < 4.78 is 5.65. The molecule has 2 amide bonds. The van der Waals surface area contributed by atoms with E-state index in [9.17, 15) is 19.7 Å². The van der Waals surface area contributed by atoms with Crippen LogP contribution in [0.5, 0.6) is 0 Å². The van der Waals surface area contributed by atoms with E-state index in [1.54, 1.807) is 6.92 Å². The molecule has 0 spiro atoms. The summed E-state index contributed by atoms with van der Waals surface area (Å²) in [5.41, 5.74) is 0.654. The molecule has 1 aromatic heterocycles. The summed E-state index contributed by atoms with van der Waals surface area (Å²) in [7, 11) is 0. The highest BCUT2D eigenvalue weighted by Crippen LogP contribution is 2.32. The lowest BCUT2D eigenvalue weighted by Gasteiger charge is -2.11. The lowest BCUT2D eigenvalue weighted by molar-refractivity contribution is -0.385. The van der Waals surface area contributed by atoms with Crippen LogP contribution in [0.25, 0.3) is 11.5 Å². The fraction of sp³-hybridized carbons (Fsp3) is 0.105.